The van der Waals surface area contributed by atoms with Crippen molar-refractivity contribution in [2.75, 3.05) is 12.4 Å². The van der Waals surface area contributed by atoms with Crippen molar-refractivity contribution in [1.29, 1.82) is 0 Å². The standard InChI is InChI=1S/C21H24N2O2S2/c1-5-21(6-2,7-3)23-20(26)22-18-17(19(24)25-4)14-16(27-18)13-15-11-9-8-10-12-15/h1,8-12,14H,6-7,13H2,2-4H3,(H2,22,23,26). The van der Waals surface area contributed by atoms with E-state index in [9.17, 15) is 4.79 Å². The number of esters is 1. The first-order valence-corrected chi connectivity index (χ1v) is 10.0. The molecule has 0 radical (unpaired) electrons. The van der Waals surface area contributed by atoms with E-state index in [2.05, 4.69) is 28.7 Å². The molecule has 2 N–H and O–H groups in total. The molecule has 6 heteroatoms. The van der Waals surface area contributed by atoms with Crippen LogP contribution in [0.1, 0.15) is 47.5 Å². The van der Waals surface area contributed by atoms with Gasteiger partial charge in [0, 0.05) is 11.3 Å². The van der Waals surface area contributed by atoms with Crippen molar-refractivity contribution in [1.82, 2.24) is 5.32 Å². The van der Waals surface area contributed by atoms with Crippen molar-refractivity contribution in [3.05, 3.63) is 52.4 Å². The number of nitrogens with one attached hydrogen (secondary N) is 2. The topological polar surface area (TPSA) is 50.4 Å². The van der Waals surface area contributed by atoms with Crippen LogP contribution in [0.25, 0.3) is 0 Å². The second-order valence-corrected chi connectivity index (χ2v) is 7.67. The molecule has 0 aliphatic carbocycles. The number of carbonyl (C=O) groups is 1. The molecule has 0 bridgehead atoms. The van der Waals surface area contributed by atoms with E-state index < -0.39 is 11.5 Å². The second kappa shape index (κ2) is 9.54. The molecular weight excluding hydrogens is 376 g/mol. The molecule has 4 nitrogen and oxygen atoms in total. The Kier molecular flexibility index (Phi) is 7.40. The Hall–Kier alpha value is -2.36. The van der Waals surface area contributed by atoms with Gasteiger partial charge in [0.25, 0.3) is 0 Å². The first-order chi connectivity index (χ1) is 13.0. The molecule has 0 fully saturated rings. The zero-order valence-corrected chi connectivity index (χ0v) is 17.4. The van der Waals surface area contributed by atoms with Gasteiger partial charge in [0.2, 0.25) is 0 Å². The maximum absolute atomic E-state index is 12.2. The van der Waals surface area contributed by atoms with E-state index in [1.807, 2.05) is 38.1 Å². The van der Waals surface area contributed by atoms with Crippen molar-refractivity contribution in [2.45, 2.75) is 38.6 Å². The summed E-state index contributed by atoms with van der Waals surface area (Å²) in [5.74, 6) is 2.39. The lowest BCUT2D eigenvalue weighted by atomic mass is 9.94. The molecule has 0 unspecified atom stereocenters. The molecule has 0 spiro atoms. The Morgan fingerprint density at radius 2 is 1.96 bits per heavy atom. The van der Waals surface area contributed by atoms with Crippen molar-refractivity contribution in [3.63, 3.8) is 0 Å². The summed E-state index contributed by atoms with van der Waals surface area (Å²) in [6, 6.07) is 11.9. The van der Waals surface area contributed by atoms with Crippen molar-refractivity contribution >= 4 is 39.6 Å². The Bertz CT molecular complexity index is 834. The van der Waals surface area contributed by atoms with Crippen LogP contribution < -0.4 is 10.6 Å². The summed E-state index contributed by atoms with van der Waals surface area (Å²) in [7, 11) is 1.37. The van der Waals surface area contributed by atoms with Crippen LogP contribution in [0.4, 0.5) is 5.00 Å². The lowest BCUT2D eigenvalue weighted by Crippen LogP contribution is -2.48. The number of terminal acetylenes is 1. The molecule has 1 aromatic heterocycles. The molecule has 2 rings (SSSR count). The highest BCUT2D eigenvalue weighted by Gasteiger charge is 2.25. The molecule has 0 aliphatic heterocycles. The Balaban J connectivity index is 2.23. The third-order valence-corrected chi connectivity index (χ3v) is 5.73. The quantitative estimate of drug-likeness (QED) is 0.404. The average molecular weight is 401 g/mol. The predicted molar refractivity (Wildman–Crippen MR) is 116 cm³/mol. The van der Waals surface area contributed by atoms with Crippen molar-refractivity contribution in [2.24, 2.45) is 0 Å². The molecule has 0 saturated heterocycles. The number of benzene rings is 1. The van der Waals surface area contributed by atoms with Gasteiger partial charge in [-0.15, -0.1) is 17.8 Å². The Morgan fingerprint density at radius 1 is 1.30 bits per heavy atom. The predicted octanol–water partition coefficient (Wildman–Crippen LogP) is 4.60. The molecule has 0 saturated carbocycles. The zero-order chi connectivity index (χ0) is 19.9. The highest BCUT2D eigenvalue weighted by molar-refractivity contribution is 7.80. The molecule has 0 aliphatic rings. The van der Waals surface area contributed by atoms with Gasteiger partial charge in [0.05, 0.1) is 18.2 Å². The molecule has 0 atom stereocenters. The van der Waals surface area contributed by atoms with Gasteiger partial charge in [-0.25, -0.2) is 4.79 Å². The molecule has 27 heavy (non-hydrogen) atoms. The number of ether oxygens (including phenoxy) is 1. The van der Waals surface area contributed by atoms with Crippen LogP contribution in [0.3, 0.4) is 0 Å². The number of rotatable bonds is 7. The number of hydrogen-bond acceptors (Lipinski definition) is 4. The maximum atomic E-state index is 12.2. The van der Waals surface area contributed by atoms with E-state index in [1.54, 1.807) is 0 Å². The minimum atomic E-state index is -0.500. The van der Waals surface area contributed by atoms with Gasteiger partial charge in [0.15, 0.2) is 5.11 Å². The first-order valence-electron chi connectivity index (χ1n) is 8.78. The highest BCUT2D eigenvalue weighted by atomic mass is 32.1. The molecule has 142 valence electrons. The number of thiocarbonyl (C=S) groups is 1. The minimum Gasteiger partial charge on any atom is -0.465 e. The Morgan fingerprint density at radius 3 is 2.52 bits per heavy atom. The number of anilines is 1. The third kappa shape index (κ3) is 5.31. The van der Waals surface area contributed by atoms with E-state index in [-0.39, 0.29) is 0 Å². The van der Waals surface area contributed by atoms with Crippen LogP contribution in [0, 0.1) is 12.3 Å². The fraction of sp³-hybridized carbons (Fsp3) is 0.333. The van der Waals surface area contributed by atoms with Gasteiger partial charge in [0.1, 0.15) is 5.00 Å². The summed E-state index contributed by atoms with van der Waals surface area (Å²) in [5.41, 5.74) is 1.14. The van der Waals surface area contributed by atoms with Crippen LogP contribution in [0.5, 0.6) is 0 Å². The van der Waals surface area contributed by atoms with Crippen LogP contribution in [0.15, 0.2) is 36.4 Å². The highest BCUT2D eigenvalue weighted by Crippen LogP contribution is 2.30. The third-order valence-electron chi connectivity index (χ3n) is 4.47. The largest absolute Gasteiger partial charge is 0.465 e. The maximum Gasteiger partial charge on any atom is 0.340 e. The van der Waals surface area contributed by atoms with E-state index >= 15 is 0 Å². The van der Waals surface area contributed by atoms with Gasteiger partial charge in [-0.1, -0.05) is 50.1 Å². The minimum absolute atomic E-state index is 0.398. The summed E-state index contributed by atoms with van der Waals surface area (Å²) in [5, 5.41) is 7.40. The van der Waals surface area contributed by atoms with E-state index in [4.69, 9.17) is 23.4 Å². The summed E-state index contributed by atoms with van der Waals surface area (Å²) in [6.45, 7) is 4.03. The smallest absolute Gasteiger partial charge is 0.340 e. The number of methoxy groups -OCH3 is 1. The number of thiophene rings is 1. The summed E-state index contributed by atoms with van der Waals surface area (Å²) >= 11 is 6.93. The zero-order valence-electron chi connectivity index (χ0n) is 15.8. The van der Waals surface area contributed by atoms with Gasteiger partial charge in [-0.3, -0.25) is 0 Å². The fourth-order valence-electron chi connectivity index (χ4n) is 2.70. The molecule has 1 aromatic carbocycles. The SMILES string of the molecule is C#CC(CC)(CC)NC(=S)Nc1sc(Cc2ccccc2)cc1C(=O)OC. The monoisotopic (exact) mass is 400 g/mol. The van der Waals surface area contributed by atoms with Crippen LogP contribution >= 0.6 is 23.6 Å². The van der Waals surface area contributed by atoms with Crippen LogP contribution in [-0.2, 0) is 11.2 Å². The molecule has 2 aromatic rings. The lowest BCUT2D eigenvalue weighted by molar-refractivity contribution is 0.0602. The lowest BCUT2D eigenvalue weighted by Gasteiger charge is -2.28. The molecule has 0 amide bonds. The second-order valence-electron chi connectivity index (χ2n) is 6.12. The average Bonchev–Trinajstić information content (AvgIpc) is 3.08. The van der Waals surface area contributed by atoms with E-state index in [0.717, 1.165) is 24.1 Å². The normalized spacial score (nSPS) is 10.7. The van der Waals surface area contributed by atoms with Crippen molar-refractivity contribution in [3.8, 4) is 12.3 Å². The van der Waals surface area contributed by atoms with Gasteiger partial charge in [-0.2, -0.15) is 0 Å². The van der Waals surface area contributed by atoms with E-state index in [0.29, 0.717) is 15.7 Å². The Labute approximate surface area is 170 Å². The van der Waals surface area contributed by atoms with Gasteiger partial charge >= 0.3 is 5.97 Å². The first kappa shape index (κ1) is 20.9. The summed E-state index contributed by atoms with van der Waals surface area (Å²) in [4.78, 5) is 13.2. The molecular formula is C21H24N2O2S2. The van der Waals surface area contributed by atoms with Gasteiger partial charge < -0.3 is 15.4 Å². The van der Waals surface area contributed by atoms with Crippen molar-refractivity contribution < 1.29 is 9.53 Å². The van der Waals surface area contributed by atoms with Crippen LogP contribution in [0.2, 0.25) is 0 Å². The van der Waals surface area contributed by atoms with E-state index in [1.165, 1.54) is 24.0 Å². The summed E-state index contributed by atoms with van der Waals surface area (Å²) in [6.07, 6.45) is 7.91. The number of hydrogen-bond donors (Lipinski definition) is 2. The fourth-order valence-corrected chi connectivity index (χ4v) is 4.14. The number of carbonyl (C=O) groups excluding carboxylic acids is 1. The van der Waals surface area contributed by atoms with Crippen LogP contribution in [-0.4, -0.2) is 23.7 Å². The molecule has 1 heterocycles. The van der Waals surface area contributed by atoms with Gasteiger partial charge in [-0.05, 0) is 36.7 Å². The summed E-state index contributed by atoms with van der Waals surface area (Å²) < 4.78 is 4.92.